The molecule has 0 spiro atoms. The van der Waals surface area contributed by atoms with E-state index in [1.54, 1.807) is 31.3 Å². The molecule has 2 aromatic rings. The van der Waals surface area contributed by atoms with Crippen molar-refractivity contribution in [2.75, 3.05) is 5.73 Å². The number of anilines is 1. The second-order valence-electron chi connectivity index (χ2n) is 4.09. The Hall–Kier alpha value is -2.56. The van der Waals surface area contributed by atoms with E-state index in [1.165, 1.54) is 6.08 Å². The number of benzene rings is 1. The third-order valence-electron chi connectivity index (χ3n) is 2.42. The Labute approximate surface area is 111 Å². The molecule has 0 bridgehead atoms. The van der Waals surface area contributed by atoms with Crippen molar-refractivity contribution >= 4 is 17.7 Å². The number of rotatable bonds is 4. The zero-order valence-corrected chi connectivity index (χ0v) is 10.6. The molecule has 0 saturated heterocycles. The molecule has 0 aliphatic carbocycles. The molecule has 19 heavy (non-hydrogen) atoms. The van der Waals surface area contributed by atoms with Crippen LogP contribution in [0.5, 0.6) is 0 Å². The van der Waals surface area contributed by atoms with Crippen LogP contribution in [0.15, 0.2) is 41.0 Å². The minimum absolute atomic E-state index is 0.210. The molecule has 0 aliphatic rings. The number of amides is 1. The van der Waals surface area contributed by atoms with Gasteiger partial charge in [-0.3, -0.25) is 4.79 Å². The standard InChI is InChI=1S/C14H15N3O2/c1-10-8-17-14(19-10)9-16-13(18)6-5-11-3-2-4-12(15)7-11/h2-8H,9,15H2,1H3,(H,16,18)/b6-5+. The molecule has 5 heteroatoms. The number of aryl methyl sites for hydroxylation is 1. The summed E-state index contributed by atoms with van der Waals surface area (Å²) in [4.78, 5) is 15.6. The van der Waals surface area contributed by atoms with Gasteiger partial charge in [-0.25, -0.2) is 4.98 Å². The quantitative estimate of drug-likeness (QED) is 0.647. The highest BCUT2D eigenvalue weighted by molar-refractivity contribution is 5.91. The average Bonchev–Trinajstić information content (AvgIpc) is 2.80. The van der Waals surface area contributed by atoms with E-state index in [4.69, 9.17) is 10.2 Å². The van der Waals surface area contributed by atoms with Crippen molar-refractivity contribution in [2.45, 2.75) is 13.5 Å². The Bertz CT molecular complexity index is 602. The molecule has 1 amide bonds. The number of hydrogen-bond donors (Lipinski definition) is 2. The van der Waals surface area contributed by atoms with Gasteiger partial charge in [0.05, 0.1) is 12.7 Å². The predicted octanol–water partition coefficient (Wildman–Crippen LogP) is 1.89. The van der Waals surface area contributed by atoms with Gasteiger partial charge in [0.15, 0.2) is 0 Å². The number of carbonyl (C=O) groups is 1. The van der Waals surface area contributed by atoms with Crippen LogP contribution in [0.1, 0.15) is 17.2 Å². The van der Waals surface area contributed by atoms with Gasteiger partial charge in [0.1, 0.15) is 5.76 Å². The lowest BCUT2D eigenvalue weighted by molar-refractivity contribution is -0.116. The first-order chi connectivity index (χ1) is 9.13. The molecule has 1 aromatic heterocycles. The molecule has 0 radical (unpaired) electrons. The van der Waals surface area contributed by atoms with Gasteiger partial charge < -0.3 is 15.5 Å². The van der Waals surface area contributed by atoms with E-state index < -0.39 is 0 Å². The number of oxazole rings is 1. The summed E-state index contributed by atoms with van der Waals surface area (Å²) < 4.78 is 5.25. The molecule has 0 fully saturated rings. The Morgan fingerprint density at radius 2 is 2.37 bits per heavy atom. The van der Waals surface area contributed by atoms with Crippen LogP contribution in [0.25, 0.3) is 6.08 Å². The molecule has 0 unspecified atom stereocenters. The smallest absolute Gasteiger partial charge is 0.244 e. The maximum Gasteiger partial charge on any atom is 0.244 e. The van der Waals surface area contributed by atoms with E-state index in [0.717, 1.165) is 11.3 Å². The Balaban J connectivity index is 1.87. The molecule has 0 atom stereocenters. The van der Waals surface area contributed by atoms with Crippen LogP contribution >= 0.6 is 0 Å². The van der Waals surface area contributed by atoms with Crippen LogP contribution in [0.2, 0.25) is 0 Å². The molecule has 98 valence electrons. The molecule has 5 nitrogen and oxygen atoms in total. The molecule has 3 N–H and O–H groups in total. The third-order valence-corrected chi connectivity index (χ3v) is 2.42. The van der Waals surface area contributed by atoms with Gasteiger partial charge in [0.25, 0.3) is 0 Å². The predicted molar refractivity (Wildman–Crippen MR) is 73.0 cm³/mol. The fourth-order valence-corrected chi connectivity index (χ4v) is 1.54. The van der Waals surface area contributed by atoms with E-state index in [2.05, 4.69) is 10.3 Å². The van der Waals surface area contributed by atoms with Crippen LogP contribution in [-0.4, -0.2) is 10.9 Å². The molecule has 0 aliphatic heterocycles. The fourth-order valence-electron chi connectivity index (χ4n) is 1.54. The zero-order chi connectivity index (χ0) is 13.7. The van der Waals surface area contributed by atoms with E-state index in [9.17, 15) is 4.79 Å². The van der Waals surface area contributed by atoms with Crippen LogP contribution < -0.4 is 11.1 Å². The molecular weight excluding hydrogens is 242 g/mol. The van der Waals surface area contributed by atoms with Gasteiger partial charge in [-0.1, -0.05) is 12.1 Å². The van der Waals surface area contributed by atoms with Crippen LogP contribution in [0.4, 0.5) is 5.69 Å². The highest BCUT2D eigenvalue weighted by Crippen LogP contribution is 2.08. The lowest BCUT2D eigenvalue weighted by Gasteiger charge is -1.98. The topological polar surface area (TPSA) is 81.2 Å². The SMILES string of the molecule is Cc1cnc(CNC(=O)/C=C/c2cccc(N)c2)o1. The summed E-state index contributed by atoms with van der Waals surface area (Å²) in [5, 5.41) is 2.68. The lowest BCUT2D eigenvalue weighted by atomic mass is 10.2. The highest BCUT2D eigenvalue weighted by Gasteiger charge is 2.01. The maximum atomic E-state index is 11.6. The van der Waals surface area contributed by atoms with E-state index >= 15 is 0 Å². The summed E-state index contributed by atoms with van der Waals surface area (Å²) in [5.41, 5.74) is 7.19. The van der Waals surface area contributed by atoms with Gasteiger partial charge in [-0.2, -0.15) is 0 Å². The molecular formula is C14H15N3O2. The minimum atomic E-state index is -0.210. The van der Waals surface area contributed by atoms with Crippen LogP contribution in [0, 0.1) is 6.92 Å². The summed E-state index contributed by atoms with van der Waals surface area (Å²) >= 11 is 0. The second kappa shape index (κ2) is 5.86. The Kier molecular flexibility index (Phi) is 3.97. The summed E-state index contributed by atoms with van der Waals surface area (Å²) in [6.45, 7) is 2.08. The first-order valence-corrected chi connectivity index (χ1v) is 5.86. The first kappa shape index (κ1) is 12.9. The minimum Gasteiger partial charge on any atom is -0.444 e. The van der Waals surface area contributed by atoms with Gasteiger partial charge in [-0.15, -0.1) is 0 Å². The fraction of sp³-hybridized carbons (Fsp3) is 0.143. The van der Waals surface area contributed by atoms with E-state index in [1.807, 2.05) is 12.1 Å². The number of nitrogens with zero attached hydrogens (tertiary/aromatic N) is 1. The Morgan fingerprint density at radius 1 is 1.53 bits per heavy atom. The average molecular weight is 257 g/mol. The largest absolute Gasteiger partial charge is 0.444 e. The monoisotopic (exact) mass is 257 g/mol. The van der Waals surface area contributed by atoms with E-state index in [-0.39, 0.29) is 12.5 Å². The number of nitrogens with one attached hydrogen (secondary N) is 1. The lowest BCUT2D eigenvalue weighted by Crippen LogP contribution is -2.20. The molecule has 2 rings (SSSR count). The summed E-state index contributed by atoms with van der Waals surface area (Å²) in [7, 11) is 0. The molecule has 1 aromatic carbocycles. The Morgan fingerprint density at radius 3 is 3.05 bits per heavy atom. The van der Waals surface area contributed by atoms with Crippen LogP contribution in [-0.2, 0) is 11.3 Å². The number of nitrogen functional groups attached to an aromatic ring is 1. The van der Waals surface area contributed by atoms with Crippen molar-refractivity contribution in [1.29, 1.82) is 0 Å². The highest BCUT2D eigenvalue weighted by atomic mass is 16.4. The third kappa shape index (κ3) is 3.99. The van der Waals surface area contributed by atoms with Gasteiger partial charge >= 0.3 is 0 Å². The van der Waals surface area contributed by atoms with Crippen molar-refractivity contribution in [1.82, 2.24) is 10.3 Å². The van der Waals surface area contributed by atoms with Crippen molar-refractivity contribution in [3.63, 3.8) is 0 Å². The number of aromatic nitrogens is 1. The molecule has 1 heterocycles. The maximum absolute atomic E-state index is 11.6. The van der Waals surface area contributed by atoms with Crippen molar-refractivity contribution in [3.05, 3.63) is 53.8 Å². The van der Waals surface area contributed by atoms with Crippen molar-refractivity contribution < 1.29 is 9.21 Å². The first-order valence-electron chi connectivity index (χ1n) is 5.86. The normalized spacial score (nSPS) is 10.8. The van der Waals surface area contributed by atoms with Crippen molar-refractivity contribution in [2.24, 2.45) is 0 Å². The van der Waals surface area contributed by atoms with Gasteiger partial charge in [-0.05, 0) is 30.7 Å². The van der Waals surface area contributed by atoms with Gasteiger partial charge in [0.2, 0.25) is 11.8 Å². The number of hydrogen-bond acceptors (Lipinski definition) is 4. The summed E-state index contributed by atoms with van der Waals surface area (Å²) in [6, 6.07) is 7.30. The number of nitrogens with two attached hydrogens (primary N) is 1. The summed E-state index contributed by atoms with van der Waals surface area (Å²) in [6.07, 6.45) is 4.77. The van der Waals surface area contributed by atoms with E-state index in [0.29, 0.717) is 11.6 Å². The molecule has 0 saturated carbocycles. The zero-order valence-electron chi connectivity index (χ0n) is 10.6. The second-order valence-corrected chi connectivity index (χ2v) is 4.09. The van der Waals surface area contributed by atoms with Crippen LogP contribution in [0.3, 0.4) is 0 Å². The summed E-state index contributed by atoms with van der Waals surface area (Å²) in [5.74, 6) is 1.00. The van der Waals surface area contributed by atoms with Crippen molar-refractivity contribution in [3.8, 4) is 0 Å². The van der Waals surface area contributed by atoms with Gasteiger partial charge in [0, 0.05) is 11.8 Å². The number of carbonyl (C=O) groups excluding carboxylic acids is 1.